The zero-order valence-electron chi connectivity index (χ0n) is 74.7. The molecule has 0 radical (unpaired) electrons. The highest BCUT2D eigenvalue weighted by Gasteiger charge is 2.40. The lowest BCUT2D eigenvalue weighted by Gasteiger charge is -2.36. The van der Waals surface area contributed by atoms with E-state index in [2.05, 4.69) is 60.7 Å². The van der Waals surface area contributed by atoms with E-state index < -0.39 is 47.0 Å². The smallest absolute Gasteiger partial charge is 0.417 e. The van der Waals surface area contributed by atoms with Crippen LogP contribution >= 0.6 is 0 Å². The number of aromatic amines is 4. The summed E-state index contributed by atoms with van der Waals surface area (Å²) >= 11 is 0. The monoisotopic (exact) mass is 1920 g/mol. The quantitative estimate of drug-likeness (QED) is 0.0411. The van der Waals surface area contributed by atoms with Crippen molar-refractivity contribution in [1.29, 1.82) is 0 Å². The van der Waals surface area contributed by atoms with Crippen molar-refractivity contribution >= 4 is 46.9 Å². The van der Waals surface area contributed by atoms with Crippen LogP contribution in [0.3, 0.4) is 0 Å². The number of nitrogens with one attached hydrogen (secondary N) is 4. The summed E-state index contributed by atoms with van der Waals surface area (Å²) in [5, 5.41) is 24.3. The standard InChI is InChI=1S/4C22H26F3N5O4/c4*1-14-18(12-27-28-21(14)32)33-13-17-4-3-16(34-17)10-20(31)30-8-6-29(7-9-30)19-5-2-15(11-26-19)22(23,24)25/h4*2,5,11-12,16-17H,3-4,6-10,13H2,1H3,(H,28,32)/t2*16-,17+;2*16-,17-/m1010/s1. The molecule has 136 heavy (non-hydrogen) atoms. The van der Waals surface area contributed by atoms with Gasteiger partial charge in [-0.05, 0) is 128 Å². The first-order chi connectivity index (χ1) is 64.8. The van der Waals surface area contributed by atoms with E-state index in [1.165, 1.54) is 49.1 Å². The molecule has 0 spiro atoms. The molecule has 4 N–H and O–H groups in total. The Morgan fingerprint density at radius 3 is 0.647 bits per heavy atom. The molecule has 48 heteroatoms. The van der Waals surface area contributed by atoms with Crippen LogP contribution in [0.5, 0.6) is 23.0 Å². The Morgan fingerprint density at radius 1 is 0.294 bits per heavy atom. The van der Waals surface area contributed by atoms with Gasteiger partial charge in [0.25, 0.3) is 22.2 Å². The SMILES string of the molecule is Cc1c(OC[C@@H]2CC[C@@H](CC(=O)N3CCN(c4ccc(C(F)(F)F)cn4)CC3)O2)cn[nH]c1=O.Cc1c(OC[C@@H]2CC[C@H](CC(=O)N3CCN(c4ccc(C(F)(F)F)cn4)CC3)O2)cn[nH]c1=O.Cc1c(OC[C@H]2CC[C@@H](CC(=O)N3CCN(c4ccc(C(F)(F)F)cn4)CC3)O2)cn[nH]c1=O.Cc1c(OC[C@H]2CC[C@H](CC(=O)N3CCN(c4ccc(C(F)(F)F)cn4)CC3)O2)cn[nH]c1=O. The van der Waals surface area contributed by atoms with Gasteiger partial charge < -0.3 is 77.1 Å². The maximum Gasteiger partial charge on any atom is 0.417 e. The molecule has 8 aliphatic rings. The fourth-order valence-corrected chi connectivity index (χ4v) is 16.3. The van der Waals surface area contributed by atoms with E-state index in [1.54, 1.807) is 47.3 Å². The molecule has 8 saturated heterocycles. The van der Waals surface area contributed by atoms with Crippen molar-refractivity contribution in [2.24, 2.45) is 0 Å². The Kier molecular flexibility index (Phi) is 33.6. The van der Waals surface area contributed by atoms with Crippen LogP contribution < -0.4 is 60.8 Å². The second kappa shape index (κ2) is 45.4. The van der Waals surface area contributed by atoms with Crippen LogP contribution in [0, 0.1) is 27.7 Å². The first-order valence-corrected chi connectivity index (χ1v) is 44.4. The Bertz CT molecular complexity index is 4880. The largest absolute Gasteiger partial charge is 0.489 e. The summed E-state index contributed by atoms with van der Waals surface area (Å²) in [6.45, 7) is 15.4. The summed E-state index contributed by atoms with van der Waals surface area (Å²) in [7, 11) is 0. The average Bonchev–Trinajstić information content (AvgIpc) is 1.08. The molecule has 736 valence electrons. The molecule has 0 aromatic carbocycles. The number of nitrogens with zero attached hydrogens (tertiary/aromatic N) is 16. The third-order valence-corrected chi connectivity index (χ3v) is 24.4. The lowest BCUT2D eigenvalue weighted by molar-refractivity contribution is -0.138. The van der Waals surface area contributed by atoms with Crippen LogP contribution in [-0.4, -0.2) is 284 Å². The zero-order valence-corrected chi connectivity index (χ0v) is 74.7. The first-order valence-electron chi connectivity index (χ1n) is 44.4. The van der Waals surface area contributed by atoms with E-state index >= 15 is 0 Å². The van der Waals surface area contributed by atoms with Crippen molar-refractivity contribution in [1.82, 2.24) is 80.3 Å². The van der Waals surface area contributed by atoms with Gasteiger partial charge in [0.15, 0.2) is 0 Å². The molecule has 0 saturated carbocycles. The topological polar surface area (TPSA) is 403 Å². The van der Waals surface area contributed by atoms with Crippen molar-refractivity contribution in [3.8, 4) is 23.0 Å². The third-order valence-electron chi connectivity index (χ3n) is 24.4. The van der Waals surface area contributed by atoms with Gasteiger partial charge in [0.2, 0.25) is 23.6 Å². The lowest BCUT2D eigenvalue weighted by atomic mass is 10.1. The minimum absolute atomic E-state index is 0.0127. The van der Waals surface area contributed by atoms with Crippen LogP contribution in [0.2, 0.25) is 0 Å². The van der Waals surface area contributed by atoms with Crippen LogP contribution in [-0.2, 0) is 62.8 Å². The summed E-state index contributed by atoms with van der Waals surface area (Å²) in [6.07, 6.45) is -2.99. The molecular formula is C88H104F12N20O16. The maximum atomic E-state index is 12.7. The predicted molar refractivity (Wildman–Crippen MR) is 463 cm³/mol. The van der Waals surface area contributed by atoms with Crippen molar-refractivity contribution in [2.75, 3.05) is 151 Å². The molecule has 8 aromatic heterocycles. The molecule has 36 nitrogen and oxygen atoms in total. The van der Waals surface area contributed by atoms with Gasteiger partial charge >= 0.3 is 24.7 Å². The van der Waals surface area contributed by atoms with E-state index in [0.29, 0.717) is 173 Å². The van der Waals surface area contributed by atoms with Crippen LogP contribution in [0.15, 0.2) is 117 Å². The summed E-state index contributed by atoms with van der Waals surface area (Å²) in [5.41, 5.74) is -2.55. The molecule has 8 aliphatic heterocycles. The highest BCUT2D eigenvalue weighted by molar-refractivity contribution is 5.79. The summed E-state index contributed by atoms with van der Waals surface area (Å²) in [4.78, 5) is 127. The van der Waals surface area contributed by atoms with E-state index in [9.17, 15) is 91.0 Å². The van der Waals surface area contributed by atoms with Crippen LogP contribution in [0.25, 0.3) is 0 Å². The Balaban J connectivity index is 0.000000153. The minimum atomic E-state index is -4.42. The molecule has 16 heterocycles. The van der Waals surface area contributed by atoms with Crippen molar-refractivity contribution < 1.29 is 110 Å². The highest BCUT2D eigenvalue weighted by atomic mass is 19.4. The maximum absolute atomic E-state index is 12.7. The molecule has 4 amide bonds. The normalized spacial score (nSPS) is 21.1. The predicted octanol–water partition coefficient (Wildman–Crippen LogP) is 8.63. The number of aromatic nitrogens is 12. The number of ether oxygens (including phenoxy) is 8. The summed E-state index contributed by atoms with van der Waals surface area (Å²) < 4.78 is 199. The van der Waals surface area contributed by atoms with Crippen molar-refractivity contribution in [2.45, 2.75) is 178 Å². The number of alkyl halides is 12. The summed E-state index contributed by atoms with van der Waals surface area (Å²) in [6, 6.07) is 9.51. The Labute approximate surface area is 770 Å². The molecule has 8 atom stereocenters. The fourth-order valence-electron chi connectivity index (χ4n) is 16.3. The van der Waals surface area contributed by atoms with Crippen LogP contribution in [0.4, 0.5) is 76.0 Å². The van der Waals surface area contributed by atoms with Gasteiger partial charge in [0, 0.05) is 130 Å². The fraction of sp³-hybridized carbons (Fsp3) is 0.545. The second-order valence-electron chi connectivity index (χ2n) is 33.7. The number of amides is 4. The van der Waals surface area contributed by atoms with E-state index in [1.807, 2.05) is 19.6 Å². The van der Waals surface area contributed by atoms with Gasteiger partial charge in [-0.15, -0.1) is 0 Å². The number of hydrogen-bond acceptors (Lipinski definition) is 28. The molecule has 16 rings (SSSR count). The number of carbonyl (C=O) groups excluding carboxylic acids is 4. The van der Waals surface area contributed by atoms with Crippen molar-refractivity contribution in [3.05, 3.63) is 184 Å². The Hall–Kier alpha value is -12.6. The number of piperazine rings is 4. The van der Waals surface area contributed by atoms with Gasteiger partial charge in [-0.2, -0.15) is 73.1 Å². The van der Waals surface area contributed by atoms with Crippen LogP contribution in [0.1, 0.15) is 122 Å². The van der Waals surface area contributed by atoms with E-state index in [0.717, 1.165) is 100 Å². The average molecular weight is 1930 g/mol. The van der Waals surface area contributed by atoms with Gasteiger partial charge in [-0.25, -0.2) is 40.3 Å². The van der Waals surface area contributed by atoms with E-state index in [-0.39, 0.29) is 147 Å². The number of pyridine rings is 4. The molecule has 0 bridgehead atoms. The molecule has 0 aliphatic carbocycles. The minimum Gasteiger partial charge on any atom is -0.489 e. The zero-order chi connectivity index (χ0) is 97.2. The van der Waals surface area contributed by atoms with Gasteiger partial charge in [0.05, 0.1) is 144 Å². The number of H-pyrrole nitrogens is 4. The Morgan fingerprint density at radius 2 is 0.478 bits per heavy atom. The van der Waals surface area contributed by atoms with Gasteiger partial charge in [-0.3, -0.25) is 38.4 Å². The van der Waals surface area contributed by atoms with Gasteiger partial charge in [-0.1, -0.05) is 0 Å². The molecule has 8 aromatic rings. The van der Waals surface area contributed by atoms with Crippen molar-refractivity contribution in [3.63, 3.8) is 0 Å². The number of carbonyl (C=O) groups is 4. The third kappa shape index (κ3) is 27.8. The molecule has 0 unspecified atom stereocenters. The number of anilines is 4. The number of rotatable bonds is 24. The molecular weight excluding hydrogens is 1820 g/mol. The number of hydrogen-bond donors (Lipinski definition) is 4. The van der Waals surface area contributed by atoms with E-state index in [4.69, 9.17) is 37.9 Å². The second-order valence-corrected chi connectivity index (χ2v) is 33.7. The van der Waals surface area contributed by atoms with Gasteiger partial charge in [0.1, 0.15) is 72.7 Å². The molecule has 8 fully saturated rings. The summed E-state index contributed by atoms with van der Waals surface area (Å²) in [5.74, 6) is 3.45. The first kappa shape index (κ1) is 101. The highest BCUT2D eigenvalue weighted by Crippen LogP contribution is 2.37. The number of halogens is 12. The lowest BCUT2D eigenvalue weighted by Crippen LogP contribution is -2.49.